The predicted molar refractivity (Wildman–Crippen MR) is 94.6 cm³/mol. The molecule has 0 radical (unpaired) electrons. The van der Waals surface area contributed by atoms with Crippen LogP contribution in [0.5, 0.6) is 0 Å². The third kappa shape index (κ3) is 3.60. The molecule has 1 heterocycles. The van der Waals surface area contributed by atoms with Crippen LogP contribution in [0.25, 0.3) is 0 Å². The molecule has 0 aliphatic carbocycles. The van der Waals surface area contributed by atoms with Crippen molar-refractivity contribution in [2.75, 3.05) is 6.61 Å². The fraction of sp³-hybridized carbons (Fsp3) is 0.278. The first-order chi connectivity index (χ1) is 12.3. The van der Waals surface area contributed by atoms with Gasteiger partial charge in [0, 0.05) is 11.6 Å². The molecule has 0 spiro atoms. The second kappa shape index (κ2) is 7.34. The van der Waals surface area contributed by atoms with Crippen LogP contribution < -0.4 is 0 Å². The van der Waals surface area contributed by atoms with Crippen molar-refractivity contribution >= 4 is 27.6 Å². The lowest BCUT2D eigenvalue weighted by molar-refractivity contribution is -0.144. The van der Waals surface area contributed by atoms with Gasteiger partial charge in [-0.25, -0.2) is 12.8 Å². The lowest BCUT2D eigenvalue weighted by atomic mass is 10.0. The molecule has 0 saturated heterocycles. The van der Waals surface area contributed by atoms with Crippen molar-refractivity contribution in [1.82, 2.24) is 4.31 Å². The van der Waals surface area contributed by atoms with Gasteiger partial charge in [-0.05, 0) is 48.4 Å². The van der Waals surface area contributed by atoms with E-state index in [0.717, 1.165) is 6.07 Å². The monoisotopic (exact) mass is 397 g/mol. The van der Waals surface area contributed by atoms with Crippen molar-refractivity contribution in [3.63, 3.8) is 0 Å². The molecule has 0 unspecified atom stereocenters. The molecule has 0 amide bonds. The third-order valence-corrected chi connectivity index (χ3v) is 6.36. The van der Waals surface area contributed by atoms with E-state index in [4.69, 9.17) is 16.3 Å². The summed E-state index contributed by atoms with van der Waals surface area (Å²) in [6.07, 6.45) is -0.183. The Kier molecular flexibility index (Phi) is 5.32. The number of sulfonamides is 1. The number of hydrogen-bond acceptors (Lipinski definition) is 4. The number of benzene rings is 2. The van der Waals surface area contributed by atoms with Crippen molar-refractivity contribution in [2.24, 2.45) is 0 Å². The average Bonchev–Trinajstić information content (AvgIpc) is 2.77. The summed E-state index contributed by atoms with van der Waals surface area (Å²) < 4.78 is 45.8. The van der Waals surface area contributed by atoms with Gasteiger partial charge in [-0.2, -0.15) is 4.31 Å². The Hall–Kier alpha value is -1.96. The fourth-order valence-corrected chi connectivity index (χ4v) is 4.97. The van der Waals surface area contributed by atoms with E-state index in [-0.39, 0.29) is 30.0 Å². The molecule has 0 aromatic heterocycles. The minimum Gasteiger partial charge on any atom is -0.466 e. The summed E-state index contributed by atoms with van der Waals surface area (Å²) in [7, 11) is -3.86. The van der Waals surface area contributed by atoms with Crippen LogP contribution in [0.4, 0.5) is 4.39 Å². The molecule has 8 heteroatoms. The topological polar surface area (TPSA) is 63.7 Å². The highest BCUT2D eigenvalue weighted by Gasteiger charge is 2.43. The van der Waals surface area contributed by atoms with E-state index >= 15 is 0 Å². The summed E-state index contributed by atoms with van der Waals surface area (Å²) in [6, 6.07) is 9.42. The summed E-state index contributed by atoms with van der Waals surface area (Å²) in [5.74, 6) is -1.09. The number of carbonyl (C=O) groups is 1. The molecule has 2 aromatic rings. The van der Waals surface area contributed by atoms with E-state index in [0.29, 0.717) is 10.6 Å². The molecule has 0 bridgehead atoms. The molecule has 138 valence electrons. The zero-order valence-corrected chi connectivity index (χ0v) is 15.6. The maximum absolute atomic E-state index is 13.7. The maximum Gasteiger partial charge on any atom is 0.307 e. The first-order valence-electron chi connectivity index (χ1n) is 8.04. The Bertz CT molecular complexity index is 931. The smallest absolute Gasteiger partial charge is 0.307 e. The number of rotatable bonds is 5. The lowest BCUT2D eigenvalue weighted by Gasteiger charge is -2.23. The van der Waals surface area contributed by atoms with E-state index in [2.05, 4.69) is 0 Å². The Morgan fingerprint density at radius 2 is 1.92 bits per heavy atom. The van der Waals surface area contributed by atoms with Crippen molar-refractivity contribution < 1.29 is 22.3 Å². The van der Waals surface area contributed by atoms with Crippen LogP contribution in [0, 0.1) is 5.82 Å². The number of carbonyl (C=O) groups excluding carboxylic acids is 1. The summed E-state index contributed by atoms with van der Waals surface area (Å²) in [5.41, 5.74) is 0.979. The van der Waals surface area contributed by atoms with E-state index in [1.54, 1.807) is 31.2 Å². The summed E-state index contributed by atoms with van der Waals surface area (Å²) in [4.78, 5) is 12.0. The van der Waals surface area contributed by atoms with Crippen molar-refractivity contribution in [2.45, 2.75) is 30.8 Å². The fourth-order valence-electron chi connectivity index (χ4n) is 3.02. The number of ether oxygens (including phenoxy) is 1. The molecule has 0 saturated carbocycles. The quantitative estimate of drug-likeness (QED) is 0.722. The van der Waals surface area contributed by atoms with Crippen LogP contribution in [0.2, 0.25) is 5.02 Å². The standard InChI is InChI=1S/C18H17ClFNO4S/c1-2-25-18(22)10-16-15-9-14(20)7-8-17(15)26(23,24)21(16)11-12-3-5-13(19)6-4-12/h3-9,16H,2,10-11H2,1H3/t16-/m0/s1. The Morgan fingerprint density at radius 1 is 1.23 bits per heavy atom. The highest BCUT2D eigenvalue weighted by atomic mass is 35.5. The first kappa shape index (κ1) is 18.8. The third-order valence-electron chi connectivity index (χ3n) is 4.18. The average molecular weight is 398 g/mol. The molecule has 0 fully saturated rings. The number of esters is 1. The molecular weight excluding hydrogens is 381 g/mol. The van der Waals surface area contributed by atoms with Gasteiger partial charge in [0.25, 0.3) is 0 Å². The van der Waals surface area contributed by atoms with Crippen LogP contribution in [-0.2, 0) is 26.1 Å². The zero-order valence-electron chi connectivity index (χ0n) is 14.0. The number of fused-ring (bicyclic) bond motifs is 1. The predicted octanol–water partition coefficient (Wildman–Crippen LogP) is 3.68. The molecule has 3 rings (SSSR count). The SMILES string of the molecule is CCOC(=O)C[C@H]1c2cc(F)ccc2S(=O)(=O)N1Cc1ccc(Cl)cc1. The highest BCUT2D eigenvalue weighted by Crippen LogP contribution is 2.42. The number of nitrogens with zero attached hydrogens (tertiary/aromatic N) is 1. The van der Waals surface area contributed by atoms with Crippen LogP contribution >= 0.6 is 11.6 Å². The van der Waals surface area contributed by atoms with Crippen LogP contribution in [0.3, 0.4) is 0 Å². The number of halogens is 2. The number of hydrogen-bond donors (Lipinski definition) is 0. The van der Waals surface area contributed by atoms with Gasteiger partial charge in [0.05, 0.1) is 24.0 Å². The van der Waals surface area contributed by atoms with E-state index in [1.807, 2.05) is 0 Å². The van der Waals surface area contributed by atoms with E-state index in [9.17, 15) is 17.6 Å². The highest BCUT2D eigenvalue weighted by molar-refractivity contribution is 7.89. The van der Waals surface area contributed by atoms with Gasteiger partial charge in [-0.1, -0.05) is 23.7 Å². The molecule has 0 N–H and O–H groups in total. The normalized spacial score (nSPS) is 18.5. The van der Waals surface area contributed by atoms with Crippen LogP contribution in [-0.4, -0.2) is 25.3 Å². The van der Waals surface area contributed by atoms with Gasteiger partial charge < -0.3 is 4.74 Å². The minimum atomic E-state index is -3.86. The molecule has 1 aliphatic rings. The lowest BCUT2D eigenvalue weighted by Crippen LogP contribution is -2.29. The van der Waals surface area contributed by atoms with Crippen LogP contribution in [0.1, 0.15) is 30.5 Å². The van der Waals surface area contributed by atoms with Gasteiger partial charge >= 0.3 is 5.97 Å². The maximum atomic E-state index is 13.7. The Labute approximate surface area is 156 Å². The van der Waals surface area contributed by atoms with Crippen molar-refractivity contribution in [3.8, 4) is 0 Å². The molecule has 5 nitrogen and oxygen atoms in total. The largest absolute Gasteiger partial charge is 0.466 e. The zero-order chi connectivity index (χ0) is 18.9. The van der Waals surface area contributed by atoms with Gasteiger partial charge in [0.15, 0.2) is 0 Å². The Morgan fingerprint density at radius 3 is 2.58 bits per heavy atom. The molecular formula is C18H17ClFNO4S. The first-order valence-corrected chi connectivity index (χ1v) is 9.86. The van der Waals surface area contributed by atoms with Crippen LogP contribution in [0.15, 0.2) is 47.4 Å². The summed E-state index contributed by atoms with van der Waals surface area (Å²) in [5, 5.41) is 0.534. The van der Waals surface area contributed by atoms with E-state index in [1.165, 1.54) is 16.4 Å². The van der Waals surface area contributed by atoms with E-state index < -0.39 is 27.9 Å². The van der Waals surface area contributed by atoms with Crippen molar-refractivity contribution in [3.05, 3.63) is 64.4 Å². The van der Waals surface area contributed by atoms with Gasteiger partial charge in [0.2, 0.25) is 10.0 Å². The molecule has 1 atom stereocenters. The Balaban J connectivity index is 2.01. The minimum absolute atomic E-state index is 0.0159. The molecule has 26 heavy (non-hydrogen) atoms. The van der Waals surface area contributed by atoms with Gasteiger partial charge in [0.1, 0.15) is 5.82 Å². The van der Waals surface area contributed by atoms with Gasteiger partial charge in [-0.15, -0.1) is 0 Å². The van der Waals surface area contributed by atoms with Gasteiger partial charge in [-0.3, -0.25) is 4.79 Å². The second-order valence-electron chi connectivity index (χ2n) is 5.88. The molecule has 2 aromatic carbocycles. The second-order valence-corrected chi connectivity index (χ2v) is 8.18. The van der Waals surface area contributed by atoms with Crippen molar-refractivity contribution in [1.29, 1.82) is 0 Å². The summed E-state index contributed by atoms with van der Waals surface area (Å²) >= 11 is 5.87. The molecule has 1 aliphatic heterocycles. The summed E-state index contributed by atoms with van der Waals surface area (Å²) in [6.45, 7) is 1.90.